The molecule has 0 atom stereocenters. The van der Waals surface area contributed by atoms with Gasteiger partial charge in [0.1, 0.15) is 23.2 Å². The van der Waals surface area contributed by atoms with Crippen LogP contribution in [0.4, 0.5) is 10.2 Å². The molecule has 0 aliphatic carbocycles. The highest BCUT2D eigenvalue weighted by Crippen LogP contribution is 2.31. The van der Waals surface area contributed by atoms with Gasteiger partial charge in [0.15, 0.2) is 0 Å². The normalized spacial score (nSPS) is 10.5. The smallest absolute Gasteiger partial charge is 0.227 e. The van der Waals surface area contributed by atoms with Gasteiger partial charge in [0.2, 0.25) is 5.88 Å². The van der Waals surface area contributed by atoms with Crippen molar-refractivity contribution in [2.45, 2.75) is 20.3 Å². The third-order valence-corrected chi connectivity index (χ3v) is 3.22. The molecular formula is C13H13BrFN3O. The van der Waals surface area contributed by atoms with E-state index in [0.717, 1.165) is 0 Å². The maximum absolute atomic E-state index is 13.0. The van der Waals surface area contributed by atoms with E-state index in [1.165, 1.54) is 18.2 Å². The van der Waals surface area contributed by atoms with E-state index in [1.54, 1.807) is 6.92 Å². The topological polar surface area (TPSA) is 61.0 Å². The van der Waals surface area contributed by atoms with Crippen LogP contribution in [0.15, 0.2) is 22.7 Å². The van der Waals surface area contributed by atoms with Crippen molar-refractivity contribution in [3.05, 3.63) is 39.9 Å². The first kappa shape index (κ1) is 13.7. The summed E-state index contributed by atoms with van der Waals surface area (Å²) in [6.07, 6.45) is 0.658. The van der Waals surface area contributed by atoms with E-state index in [4.69, 9.17) is 10.5 Å². The predicted molar refractivity (Wildman–Crippen MR) is 74.7 cm³/mol. The highest BCUT2D eigenvalue weighted by molar-refractivity contribution is 9.10. The molecule has 1 aromatic carbocycles. The number of ether oxygens (including phenoxy) is 1. The molecule has 0 unspecified atom stereocenters. The number of nitrogens with zero attached hydrogens (tertiary/aromatic N) is 2. The van der Waals surface area contributed by atoms with Crippen molar-refractivity contribution in [1.29, 1.82) is 0 Å². The van der Waals surface area contributed by atoms with Crippen LogP contribution < -0.4 is 10.5 Å². The summed E-state index contributed by atoms with van der Waals surface area (Å²) in [6, 6.07) is 4.18. The molecule has 19 heavy (non-hydrogen) atoms. The Morgan fingerprint density at radius 1 is 1.37 bits per heavy atom. The number of nitrogen functional groups attached to an aromatic ring is 1. The maximum Gasteiger partial charge on any atom is 0.227 e. The van der Waals surface area contributed by atoms with Crippen LogP contribution in [0.5, 0.6) is 11.6 Å². The summed E-state index contributed by atoms with van der Waals surface area (Å²) in [5.41, 5.74) is 6.47. The van der Waals surface area contributed by atoms with E-state index >= 15 is 0 Å². The molecule has 1 heterocycles. The Hall–Kier alpha value is -1.69. The molecule has 0 saturated heterocycles. The quantitative estimate of drug-likeness (QED) is 0.936. The van der Waals surface area contributed by atoms with E-state index in [-0.39, 0.29) is 5.82 Å². The van der Waals surface area contributed by atoms with Crippen LogP contribution in [-0.4, -0.2) is 9.97 Å². The Bertz CT molecular complexity index is 619. The lowest BCUT2D eigenvalue weighted by atomic mass is 10.3. The summed E-state index contributed by atoms with van der Waals surface area (Å²) in [5.74, 6) is 1.52. The first-order valence-corrected chi connectivity index (χ1v) is 6.56. The summed E-state index contributed by atoms with van der Waals surface area (Å²) in [7, 11) is 0. The molecule has 1 aromatic heterocycles. The van der Waals surface area contributed by atoms with Crippen molar-refractivity contribution in [3.8, 4) is 11.6 Å². The largest absolute Gasteiger partial charge is 0.437 e. The molecule has 0 bridgehead atoms. The van der Waals surface area contributed by atoms with Gasteiger partial charge >= 0.3 is 0 Å². The molecule has 4 nitrogen and oxygen atoms in total. The zero-order chi connectivity index (χ0) is 14.0. The summed E-state index contributed by atoms with van der Waals surface area (Å²) in [4.78, 5) is 8.43. The van der Waals surface area contributed by atoms with Gasteiger partial charge in [-0.1, -0.05) is 6.92 Å². The molecular weight excluding hydrogens is 313 g/mol. The van der Waals surface area contributed by atoms with Gasteiger partial charge in [-0.2, -0.15) is 4.98 Å². The minimum absolute atomic E-state index is 0.340. The number of halogens is 2. The number of aryl methyl sites for hydroxylation is 1. The number of nitrogens with two attached hydrogens (primary N) is 1. The Labute approximate surface area is 119 Å². The minimum Gasteiger partial charge on any atom is -0.437 e. The zero-order valence-electron chi connectivity index (χ0n) is 10.6. The Morgan fingerprint density at radius 2 is 2.11 bits per heavy atom. The van der Waals surface area contributed by atoms with Crippen molar-refractivity contribution in [2.75, 3.05) is 5.73 Å². The maximum atomic E-state index is 13.0. The zero-order valence-corrected chi connectivity index (χ0v) is 12.2. The Balaban J connectivity index is 2.40. The van der Waals surface area contributed by atoms with Crippen molar-refractivity contribution in [2.24, 2.45) is 0 Å². The fourth-order valence-corrected chi connectivity index (χ4v) is 1.91. The molecule has 0 fully saturated rings. The van der Waals surface area contributed by atoms with E-state index in [0.29, 0.717) is 39.7 Å². The predicted octanol–water partition coefficient (Wildman–Crippen LogP) is 3.62. The number of aromatic nitrogens is 2. The second kappa shape index (κ2) is 5.52. The molecule has 100 valence electrons. The number of anilines is 1. The fraction of sp³-hybridized carbons (Fsp3) is 0.231. The molecule has 2 rings (SSSR count). The van der Waals surface area contributed by atoms with Crippen LogP contribution in [0.3, 0.4) is 0 Å². The van der Waals surface area contributed by atoms with Crippen LogP contribution in [0.25, 0.3) is 0 Å². The number of rotatable bonds is 3. The molecule has 2 aromatic rings. The van der Waals surface area contributed by atoms with Gasteiger partial charge in [0, 0.05) is 6.42 Å². The van der Waals surface area contributed by atoms with E-state index in [2.05, 4.69) is 25.9 Å². The third kappa shape index (κ3) is 3.01. The Kier molecular flexibility index (Phi) is 3.99. The lowest BCUT2D eigenvalue weighted by Crippen LogP contribution is -2.04. The van der Waals surface area contributed by atoms with Gasteiger partial charge in [-0.25, -0.2) is 9.37 Å². The van der Waals surface area contributed by atoms with Crippen LogP contribution in [-0.2, 0) is 6.42 Å². The van der Waals surface area contributed by atoms with Crippen LogP contribution in [0.1, 0.15) is 18.3 Å². The lowest BCUT2D eigenvalue weighted by Gasteiger charge is -2.11. The van der Waals surface area contributed by atoms with Gasteiger partial charge in [-0.3, -0.25) is 0 Å². The van der Waals surface area contributed by atoms with Crippen LogP contribution >= 0.6 is 15.9 Å². The molecule has 0 radical (unpaired) electrons. The average molecular weight is 326 g/mol. The summed E-state index contributed by atoms with van der Waals surface area (Å²) in [6.45, 7) is 3.71. The van der Waals surface area contributed by atoms with Crippen molar-refractivity contribution < 1.29 is 9.13 Å². The van der Waals surface area contributed by atoms with Crippen molar-refractivity contribution >= 4 is 21.7 Å². The van der Waals surface area contributed by atoms with Crippen LogP contribution in [0.2, 0.25) is 0 Å². The second-order valence-corrected chi connectivity index (χ2v) is 4.84. The van der Waals surface area contributed by atoms with E-state index in [1.807, 2.05) is 6.92 Å². The fourth-order valence-electron chi connectivity index (χ4n) is 1.48. The number of hydrogen-bond acceptors (Lipinski definition) is 4. The highest BCUT2D eigenvalue weighted by atomic mass is 79.9. The SMILES string of the molecule is CCc1nc(N)c(C)c(Oc2ccc(F)cc2Br)n1. The molecule has 0 saturated carbocycles. The highest BCUT2D eigenvalue weighted by Gasteiger charge is 2.12. The average Bonchev–Trinajstić information content (AvgIpc) is 2.37. The molecule has 0 amide bonds. The molecule has 0 aliphatic rings. The second-order valence-electron chi connectivity index (χ2n) is 3.99. The van der Waals surface area contributed by atoms with Gasteiger partial charge in [-0.15, -0.1) is 0 Å². The Morgan fingerprint density at radius 3 is 2.74 bits per heavy atom. The van der Waals surface area contributed by atoms with Crippen molar-refractivity contribution in [1.82, 2.24) is 9.97 Å². The van der Waals surface area contributed by atoms with E-state index < -0.39 is 0 Å². The molecule has 0 aliphatic heterocycles. The van der Waals surface area contributed by atoms with Gasteiger partial charge in [-0.05, 0) is 41.1 Å². The third-order valence-electron chi connectivity index (χ3n) is 2.60. The first-order valence-electron chi connectivity index (χ1n) is 5.77. The molecule has 0 spiro atoms. The standard InChI is InChI=1S/C13H13BrFN3O/c1-3-11-17-12(16)7(2)13(18-11)19-10-5-4-8(15)6-9(10)14/h4-6H,3H2,1-2H3,(H2,16,17,18). The lowest BCUT2D eigenvalue weighted by molar-refractivity contribution is 0.451. The summed E-state index contributed by atoms with van der Waals surface area (Å²) < 4.78 is 19.2. The van der Waals surface area contributed by atoms with E-state index in [9.17, 15) is 4.39 Å². The van der Waals surface area contributed by atoms with Crippen LogP contribution in [0, 0.1) is 12.7 Å². The molecule has 2 N–H and O–H groups in total. The summed E-state index contributed by atoms with van der Waals surface area (Å²) >= 11 is 3.24. The molecule has 6 heteroatoms. The number of benzene rings is 1. The van der Waals surface area contributed by atoms with Crippen molar-refractivity contribution in [3.63, 3.8) is 0 Å². The number of hydrogen-bond donors (Lipinski definition) is 1. The first-order chi connectivity index (χ1) is 9.01. The summed E-state index contributed by atoms with van der Waals surface area (Å²) in [5, 5.41) is 0. The van der Waals surface area contributed by atoms with Gasteiger partial charge in [0.05, 0.1) is 10.0 Å². The monoisotopic (exact) mass is 325 g/mol. The van der Waals surface area contributed by atoms with Gasteiger partial charge in [0.25, 0.3) is 0 Å². The minimum atomic E-state index is -0.340. The van der Waals surface area contributed by atoms with Gasteiger partial charge < -0.3 is 10.5 Å².